The molecule has 0 aromatic heterocycles. The maximum absolute atomic E-state index is 12.8. The van der Waals surface area contributed by atoms with Gasteiger partial charge in [0, 0.05) is 18.1 Å². The van der Waals surface area contributed by atoms with Crippen LogP contribution in [0.1, 0.15) is 5.56 Å². The van der Waals surface area contributed by atoms with Crippen LogP contribution >= 0.6 is 11.6 Å². The van der Waals surface area contributed by atoms with E-state index in [9.17, 15) is 22.8 Å². The summed E-state index contributed by atoms with van der Waals surface area (Å²) in [6.07, 6.45) is -4.66. The summed E-state index contributed by atoms with van der Waals surface area (Å²) in [5.41, 5.74) is -1.48. The van der Waals surface area contributed by atoms with Gasteiger partial charge in [-0.25, -0.2) is 4.79 Å². The Balaban J connectivity index is 2.10. The van der Waals surface area contributed by atoms with Gasteiger partial charge in [0.1, 0.15) is 0 Å². The number of carbonyl (C=O) groups is 2. The van der Waals surface area contributed by atoms with E-state index >= 15 is 0 Å². The highest BCUT2D eigenvalue weighted by Crippen LogP contribution is 2.36. The zero-order valence-electron chi connectivity index (χ0n) is 10.4. The molecule has 0 atom stereocenters. The van der Waals surface area contributed by atoms with E-state index in [4.69, 9.17) is 16.7 Å². The van der Waals surface area contributed by atoms with Gasteiger partial charge in [0.15, 0.2) is 0 Å². The first-order chi connectivity index (χ1) is 9.68. The van der Waals surface area contributed by atoms with Crippen molar-refractivity contribution in [3.63, 3.8) is 0 Å². The maximum atomic E-state index is 12.8. The van der Waals surface area contributed by atoms with E-state index in [1.54, 1.807) is 0 Å². The lowest BCUT2D eigenvalue weighted by molar-refractivity contribution is -0.146. The van der Waals surface area contributed by atoms with Crippen molar-refractivity contribution >= 4 is 29.3 Å². The van der Waals surface area contributed by atoms with Crippen LogP contribution in [0.5, 0.6) is 0 Å². The number of carbonyl (C=O) groups excluding carboxylic acids is 1. The molecule has 1 saturated heterocycles. The van der Waals surface area contributed by atoms with Crippen molar-refractivity contribution in [1.29, 1.82) is 0 Å². The Hall–Kier alpha value is -1.96. The number of anilines is 1. The molecular weight excluding hydrogens is 313 g/mol. The molecule has 2 N–H and O–H groups in total. The summed E-state index contributed by atoms with van der Waals surface area (Å²) >= 11 is 5.53. The molecule has 114 valence electrons. The van der Waals surface area contributed by atoms with E-state index in [2.05, 4.69) is 5.32 Å². The minimum Gasteiger partial charge on any atom is -0.481 e. The molecule has 5 nitrogen and oxygen atoms in total. The van der Waals surface area contributed by atoms with Crippen molar-refractivity contribution in [3.05, 3.63) is 28.8 Å². The first-order valence-electron chi connectivity index (χ1n) is 5.84. The zero-order valence-corrected chi connectivity index (χ0v) is 11.2. The number of rotatable bonds is 2. The van der Waals surface area contributed by atoms with Crippen LogP contribution in [-0.2, 0) is 11.0 Å². The molecule has 9 heteroatoms. The average Bonchev–Trinajstić information content (AvgIpc) is 2.27. The van der Waals surface area contributed by atoms with Gasteiger partial charge in [0.05, 0.1) is 17.2 Å². The van der Waals surface area contributed by atoms with E-state index in [1.165, 1.54) is 6.07 Å². The third-order valence-electron chi connectivity index (χ3n) is 3.05. The van der Waals surface area contributed by atoms with Gasteiger partial charge in [0.2, 0.25) is 0 Å². The van der Waals surface area contributed by atoms with Gasteiger partial charge in [-0.05, 0) is 18.2 Å². The summed E-state index contributed by atoms with van der Waals surface area (Å²) < 4.78 is 38.5. The summed E-state index contributed by atoms with van der Waals surface area (Å²) in [5, 5.41) is 10.7. The normalized spacial score (nSPS) is 15.5. The molecule has 1 heterocycles. The van der Waals surface area contributed by atoms with Crippen LogP contribution in [0.4, 0.5) is 23.7 Å². The zero-order chi connectivity index (χ0) is 15.8. The lowest BCUT2D eigenvalue weighted by atomic mass is 10.0. The number of nitrogens with one attached hydrogen (secondary N) is 1. The van der Waals surface area contributed by atoms with Crippen LogP contribution in [0.2, 0.25) is 5.02 Å². The van der Waals surface area contributed by atoms with E-state index in [0.717, 1.165) is 11.0 Å². The summed E-state index contributed by atoms with van der Waals surface area (Å²) in [6, 6.07) is 2.22. The molecule has 1 aromatic carbocycles. The number of amides is 2. The van der Waals surface area contributed by atoms with Crippen molar-refractivity contribution in [2.45, 2.75) is 6.18 Å². The fourth-order valence-electron chi connectivity index (χ4n) is 1.85. The third-order valence-corrected chi connectivity index (χ3v) is 3.28. The Labute approximate surface area is 122 Å². The largest absolute Gasteiger partial charge is 0.481 e. The van der Waals surface area contributed by atoms with Crippen LogP contribution in [-0.4, -0.2) is 35.1 Å². The molecule has 1 aliphatic heterocycles. The Morgan fingerprint density at radius 1 is 1.33 bits per heavy atom. The molecule has 2 amide bonds. The Morgan fingerprint density at radius 2 is 1.95 bits per heavy atom. The second-order valence-corrected chi connectivity index (χ2v) is 4.99. The molecule has 1 aromatic rings. The first-order valence-corrected chi connectivity index (χ1v) is 6.22. The number of benzene rings is 1. The van der Waals surface area contributed by atoms with Gasteiger partial charge in [0.25, 0.3) is 0 Å². The fraction of sp³-hybridized carbons (Fsp3) is 0.333. The molecule has 2 rings (SSSR count). The molecule has 0 saturated carbocycles. The number of hydrogen-bond donors (Lipinski definition) is 2. The number of hydrogen-bond acceptors (Lipinski definition) is 2. The Kier molecular flexibility index (Phi) is 3.99. The number of halogens is 4. The SMILES string of the molecule is O=C(O)C1CN(C(=O)Nc2ccc(Cl)cc2C(F)(F)F)C1. The van der Waals surface area contributed by atoms with Gasteiger partial charge >= 0.3 is 18.2 Å². The van der Waals surface area contributed by atoms with Crippen LogP contribution in [0.15, 0.2) is 18.2 Å². The second kappa shape index (κ2) is 5.44. The number of likely N-dealkylation sites (tertiary alicyclic amines) is 1. The van der Waals surface area contributed by atoms with Gasteiger partial charge in [-0.3, -0.25) is 4.79 Å². The van der Waals surface area contributed by atoms with Crippen molar-refractivity contribution in [3.8, 4) is 0 Å². The topological polar surface area (TPSA) is 69.6 Å². The van der Waals surface area contributed by atoms with Crippen molar-refractivity contribution in [2.75, 3.05) is 18.4 Å². The van der Waals surface area contributed by atoms with Crippen LogP contribution in [0.25, 0.3) is 0 Å². The highest BCUT2D eigenvalue weighted by atomic mass is 35.5. The van der Waals surface area contributed by atoms with E-state index in [1.807, 2.05) is 0 Å². The molecule has 0 radical (unpaired) electrons. The second-order valence-electron chi connectivity index (χ2n) is 4.56. The number of aliphatic carboxylic acids is 1. The summed E-state index contributed by atoms with van der Waals surface area (Å²) in [6.45, 7) is -0.0633. The molecule has 1 fully saturated rings. The van der Waals surface area contributed by atoms with Gasteiger partial charge in [-0.1, -0.05) is 11.6 Å². The summed E-state index contributed by atoms with van der Waals surface area (Å²) in [7, 11) is 0. The van der Waals surface area contributed by atoms with Gasteiger partial charge < -0.3 is 15.3 Å². The van der Waals surface area contributed by atoms with Crippen molar-refractivity contribution < 1.29 is 27.9 Å². The molecule has 0 unspecified atom stereocenters. The minimum absolute atomic E-state index is 0.0316. The third kappa shape index (κ3) is 3.38. The quantitative estimate of drug-likeness (QED) is 0.879. The number of alkyl halides is 3. The number of carboxylic acids is 1. The first kappa shape index (κ1) is 15.4. The Morgan fingerprint density at radius 3 is 2.48 bits per heavy atom. The minimum atomic E-state index is -4.66. The molecule has 0 aliphatic carbocycles. The van der Waals surface area contributed by atoms with Crippen molar-refractivity contribution in [1.82, 2.24) is 4.90 Å². The smallest absolute Gasteiger partial charge is 0.418 e. The Bertz CT molecular complexity index is 586. The monoisotopic (exact) mass is 322 g/mol. The lowest BCUT2D eigenvalue weighted by Gasteiger charge is -2.36. The fourth-order valence-corrected chi connectivity index (χ4v) is 2.03. The molecule has 0 bridgehead atoms. The maximum Gasteiger partial charge on any atom is 0.418 e. The summed E-state index contributed by atoms with van der Waals surface area (Å²) in [5.74, 6) is -1.72. The molecule has 1 aliphatic rings. The standard InChI is InChI=1S/C12H10ClF3N2O3/c13-7-1-2-9(8(3-7)12(14,15)16)17-11(21)18-4-6(5-18)10(19)20/h1-3,6H,4-5H2,(H,17,21)(H,19,20). The van der Waals surface area contributed by atoms with Crippen molar-refractivity contribution in [2.24, 2.45) is 5.92 Å². The van der Waals surface area contributed by atoms with Crippen LogP contribution in [0.3, 0.4) is 0 Å². The molecular formula is C12H10ClF3N2O3. The molecule has 0 spiro atoms. The number of urea groups is 1. The number of nitrogens with zero attached hydrogens (tertiary/aromatic N) is 1. The van der Waals surface area contributed by atoms with Gasteiger partial charge in [-0.15, -0.1) is 0 Å². The average molecular weight is 323 g/mol. The van der Waals surface area contributed by atoms with Crippen LogP contribution < -0.4 is 5.32 Å². The van der Waals surface area contributed by atoms with Gasteiger partial charge in [-0.2, -0.15) is 13.2 Å². The van der Waals surface area contributed by atoms with Crippen LogP contribution in [0, 0.1) is 5.92 Å². The molecule has 21 heavy (non-hydrogen) atoms. The number of carboxylic acid groups (broad SMARTS) is 1. The predicted molar refractivity (Wildman–Crippen MR) is 68.2 cm³/mol. The highest BCUT2D eigenvalue weighted by Gasteiger charge is 2.38. The summed E-state index contributed by atoms with van der Waals surface area (Å²) in [4.78, 5) is 23.5. The highest BCUT2D eigenvalue weighted by molar-refractivity contribution is 6.30. The predicted octanol–water partition coefficient (Wildman–Crippen LogP) is 2.91. The lowest BCUT2D eigenvalue weighted by Crippen LogP contribution is -2.54. The van der Waals surface area contributed by atoms with E-state index in [-0.39, 0.29) is 18.1 Å². The van der Waals surface area contributed by atoms with E-state index < -0.39 is 35.3 Å². The van der Waals surface area contributed by atoms with E-state index in [0.29, 0.717) is 6.07 Å².